The first-order chi connectivity index (χ1) is 13.0. The number of anilines is 1. The molecule has 27 heavy (non-hydrogen) atoms. The largest absolute Gasteiger partial charge is 0.345 e. The second-order valence-electron chi connectivity index (χ2n) is 7.52. The number of pyridine rings is 1. The van der Waals surface area contributed by atoms with Gasteiger partial charge in [0.1, 0.15) is 0 Å². The molecule has 1 unspecified atom stereocenters. The second-order valence-corrected chi connectivity index (χ2v) is 7.52. The highest BCUT2D eigenvalue weighted by Gasteiger charge is 2.36. The van der Waals surface area contributed by atoms with Gasteiger partial charge in [-0.15, -0.1) is 0 Å². The second kappa shape index (κ2) is 8.33. The molecule has 0 N–H and O–H groups in total. The van der Waals surface area contributed by atoms with Crippen LogP contribution in [0, 0.1) is 5.92 Å². The molecule has 1 aliphatic rings. The van der Waals surface area contributed by atoms with Gasteiger partial charge in [0.15, 0.2) is 0 Å². The predicted molar refractivity (Wildman–Crippen MR) is 107 cm³/mol. The normalized spacial score (nSPS) is 16.8. The van der Waals surface area contributed by atoms with Crippen molar-refractivity contribution in [2.75, 3.05) is 25.0 Å². The van der Waals surface area contributed by atoms with Crippen molar-refractivity contribution in [2.24, 2.45) is 5.92 Å². The molecule has 5 heteroatoms. The van der Waals surface area contributed by atoms with Crippen LogP contribution in [-0.4, -0.2) is 41.8 Å². The van der Waals surface area contributed by atoms with Crippen molar-refractivity contribution < 1.29 is 9.59 Å². The first-order valence-electron chi connectivity index (χ1n) is 9.50. The van der Waals surface area contributed by atoms with Crippen LogP contribution in [0.3, 0.4) is 0 Å². The lowest BCUT2D eigenvalue weighted by atomic mass is 10.0. The van der Waals surface area contributed by atoms with Crippen molar-refractivity contribution in [2.45, 2.75) is 32.6 Å². The van der Waals surface area contributed by atoms with E-state index in [1.54, 1.807) is 22.2 Å². The van der Waals surface area contributed by atoms with Crippen molar-refractivity contribution >= 4 is 17.5 Å². The maximum Gasteiger partial charge on any atom is 0.227 e. The van der Waals surface area contributed by atoms with Gasteiger partial charge < -0.3 is 9.80 Å². The predicted octanol–water partition coefficient (Wildman–Crippen LogP) is 3.26. The molecule has 0 saturated carbocycles. The van der Waals surface area contributed by atoms with Crippen LogP contribution in [0.15, 0.2) is 48.8 Å². The molecule has 1 aromatic heterocycles. The molecule has 0 spiro atoms. The van der Waals surface area contributed by atoms with E-state index in [9.17, 15) is 9.59 Å². The number of aromatic nitrogens is 1. The molecule has 1 fully saturated rings. The van der Waals surface area contributed by atoms with E-state index in [2.05, 4.69) is 31.0 Å². The Morgan fingerprint density at radius 1 is 1.19 bits per heavy atom. The van der Waals surface area contributed by atoms with Gasteiger partial charge >= 0.3 is 0 Å². The summed E-state index contributed by atoms with van der Waals surface area (Å²) in [5.74, 6) is 0.244. The average molecular weight is 365 g/mol. The standard InChI is InChI=1S/C22H27N3O2/c1-16(2)18-4-6-20(7-5-18)25-15-19(14-21(25)26)22(27)24(3)13-10-17-8-11-23-12-9-17/h4-9,11-12,16,19H,10,13-15H2,1-3H3. The topological polar surface area (TPSA) is 53.5 Å². The van der Waals surface area contributed by atoms with Gasteiger partial charge in [0.05, 0.1) is 5.92 Å². The number of nitrogens with zero attached hydrogens (tertiary/aromatic N) is 3. The molecule has 1 aromatic carbocycles. The van der Waals surface area contributed by atoms with Crippen molar-refractivity contribution in [1.29, 1.82) is 0 Å². The van der Waals surface area contributed by atoms with E-state index in [4.69, 9.17) is 0 Å². The lowest BCUT2D eigenvalue weighted by Crippen LogP contribution is -2.36. The maximum atomic E-state index is 12.8. The lowest BCUT2D eigenvalue weighted by molar-refractivity contribution is -0.134. The zero-order chi connectivity index (χ0) is 19.4. The Balaban J connectivity index is 1.59. The highest BCUT2D eigenvalue weighted by molar-refractivity contribution is 6.00. The Morgan fingerprint density at radius 3 is 2.48 bits per heavy atom. The summed E-state index contributed by atoms with van der Waals surface area (Å²) in [5.41, 5.74) is 3.27. The van der Waals surface area contributed by atoms with Crippen LogP contribution in [0.5, 0.6) is 0 Å². The molecule has 3 rings (SSSR count). The van der Waals surface area contributed by atoms with Gasteiger partial charge in [-0.05, 0) is 47.7 Å². The van der Waals surface area contributed by atoms with Gasteiger partial charge in [0, 0.05) is 44.6 Å². The van der Waals surface area contributed by atoms with Gasteiger partial charge in [-0.1, -0.05) is 26.0 Å². The highest BCUT2D eigenvalue weighted by Crippen LogP contribution is 2.27. The number of rotatable bonds is 6. The van der Waals surface area contributed by atoms with Crippen LogP contribution in [-0.2, 0) is 16.0 Å². The van der Waals surface area contributed by atoms with Crippen molar-refractivity contribution in [3.8, 4) is 0 Å². The van der Waals surface area contributed by atoms with Crippen LogP contribution < -0.4 is 4.90 Å². The Bertz CT molecular complexity index is 787. The third-order valence-corrected chi connectivity index (χ3v) is 5.21. The van der Waals surface area contributed by atoms with Crippen molar-refractivity contribution in [3.05, 3.63) is 59.9 Å². The van der Waals surface area contributed by atoms with E-state index in [-0.39, 0.29) is 24.2 Å². The number of benzene rings is 1. The fraction of sp³-hybridized carbons (Fsp3) is 0.409. The third-order valence-electron chi connectivity index (χ3n) is 5.21. The van der Waals surface area contributed by atoms with Gasteiger partial charge in [0.25, 0.3) is 0 Å². The minimum absolute atomic E-state index is 0.0215. The molecule has 5 nitrogen and oxygen atoms in total. The van der Waals surface area contributed by atoms with E-state index in [0.29, 0.717) is 19.0 Å². The van der Waals surface area contributed by atoms with Gasteiger partial charge in [0.2, 0.25) is 11.8 Å². The fourth-order valence-corrected chi connectivity index (χ4v) is 3.43. The number of hydrogen-bond donors (Lipinski definition) is 0. The minimum Gasteiger partial charge on any atom is -0.345 e. The first kappa shape index (κ1) is 19.1. The Kier molecular flexibility index (Phi) is 5.89. The molecule has 2 amide bonds. The molecule has 142 valence electrons. The molecule has 2 heterocycles. The summed E-state index contributed by atoms with van der Waals surface area (Å²) in [6.07, 6.45) is 4.58. The molecule has 0 aliphatic carbocycles. The van der Waals surface area contributed by atoms with E-state index in [0.717, 1.165) is 17.7 Å². The summed E-state index contributed by atoms with van der Waals surface area (Å²) >= 11 is 0. The molecule has 2 aromatic rings. The van der Waals surface area contributed by atoms with Crippen LogP contribution in [0.1, 0.15) is 37.3 Å². The number of amides is 2. The Hall–Kier alpha value is -2.69. The molecular weight excluding hydrogens is 338 g/mol. The van der Waals surface area contributed by atoms with Gasteiger partial charge in [-0.3, -0.25) is 14.6 Å². The van der Waals surface area contributed by atoms with Crippen LogP contribution in [0.2, 0.25) is 0 Å². The quantitative estimate of drug-likeness (QED) is 0.789. The number of hydrogen-bond acceptors (Lipinski definition) is 3. The summed E-state index contributed by atoms with van der Waals surface area (Å²) in [5, 5.41) is 0. The lowest BCUT2D eigenvalue weighted by Gasteiger charge is -2.22. The van der Waals surface area contributed by atoms with E-state index in [1.807, 2.05) is 31.3 Å². The molecule has 1 atom stereocenters. The summed E-state index contributed by atoms with van der Waals surface area (Å²) in [4.78, 5) is 32.7. The minimum atomic E-state index is -0.273. The smallest absolute Gasteiger partial charge is 0.227 e. The summed E-state index contributed by atoms with van der Waals surface area (Å²) in [6, 6.07) is 12.0. The number of carbonyl (C=O) groups is 2. The SMILES string of the molecule is CC(C)c1ccc(N2CC(C(=O)N(C)CCc3ccncc3)CC2=O)cc1. The number of likely N-dealkylation sites (N-methyl/N-ethyl adjacent to an activating group) is 1. The first-order valence-corrected chi connectivity index (χ1v) is 9.50. The van der Waals surface area contributed by atoms with E-state index in [1.165, 1.54) is 5.56 Å². The molecule has 0 bridgehead atoms. The fourth-order valence-electron chi connectivity index (χ4n) is 3.43. The van der Waals surface area contributed by atoms with Crippen LogP contribution >= 0.6 is 0 Å². The molecular formula is C22H27N3O2. The van der Waals surface area contributed by atoms with Crippen LogP contribution in [0.25, 0.3) is 0 Å². The molecule has 1 aliphatic heterocycles. The zero-order valence-electron chi connectivity index (χ0n) is 16.3. The van der Waals surface area contributed by atoms with Gasteiger partial charge in [-0.2, -0.15) is 0 Å². The molecule has 0 radical (unpaired) electrons. The van der Waals surface area contributed by atoms with E-state index >= 15 is 0 Å². The van der Waals surface area contributed by atoms with Crippen LogP contribution in [0.4, 0.5) is 5.69 Å². The maximum absolute atomic E-state index is 12.8. The third kappa shape index (κ3) is 4.54. The van der Waals surface area contributed by atoms with Crippen molar-refractivity contribution in [1.82, 2.24) is 9.88 Å². The van der Waals surface area contributed by atoms with E-state index < -0.39 is 0 Å². The average Bonchev–Trinajstić information content (AvgIpc) is 3.08. The number of carbonyl (C=O) groups excluding carboxylic acids is 2. The summed E-state index contributed by atoms with van der Waals surface area (Å²) in [7, 11) is 1.81. The summed E-state index contributed by atoms with van der Waals surface area (Å²) in [6.45, 7) is 5.38. The highest BCUT2D eigenvalue weighted by atomic mass is 16.2. The van der Waals surface area contributed by atoms with Crippen molar-refractivity contribution in [3.63, 3.8) is 0 Å². The zero-order valence-corrected chi connectivity index (χ0v) is 16.3. The monoisotopic (exact) mass is 365 g/mol. The molecule has 1 saturated heterocycles. The van der Waals surface area contributed by atoms with Gasteiger partial charge in [-0.25, -0.2) is 0 Å². The Morgan fingerprint density at radius 2 is 1.85 bits per heavy atom. The summed E-state index contributed by atoms with van der Waals surface area (Å²) < 4.78 is 0. The Labute approximate surface area is 161 Å².